The SMILES string of the molecule is CCC(C)N1CC(C2CCCCC2)NCC1(C)CC. The molecule has 19 heavy (non-hydrogen) atoms. The Morgan fingerprint density at radius 3 is 2.47 bits per heavy atom. The van der Waals surface area contributed by atoms with Crippen LogP contribution in [-0.4, -0.2) is 35.6 Å². The first-order valence-electron chi connectivity index (χ1n) is 8.61. The van der Waals surface area contributed by atoms with Gasteiger partial charge in [-0.05, 0) is 45.4 Å². The second-order valence-electron chi connectivity index (χ2n) is 7.15. The normalized spacial score (nSPS) is 36.3. The topological polar surface area (TPSA) is 15.3 Å². The average Bonchev–Trinajstić information content (AvgIpc) is 2.48. The zero-order valence-electron chi connectivity index (χ0n) is 13.5. The third kappa shape index (κ3) is 3.33. The van der Waals surface area contributed by atoms with Crippen molar-refractivity contribution in [3.63, 3.8) is 0 Å². The summed E-state index contributed by atoms with van der Waals surface area (Å²) >= 11 is 0. The summed E-state index contributed by atoms with van der Waals surface area (Å²) in [6, 6.07) is 1.46. The molecular formula is C17H34N2. The van der Waals surface area contributed by atoms with Crippen LogP contribution in [0.3, 0.4) is 0 Å². The zero-order valence-corrected chi connectivity index (χ0v) is 13.5. The van der Waals surface area contributed by atoms with E-state index in [1.807, 2.05) is 0 Å². The van der Waals surface area contributed by atoms with Gasteiger partial charge in [0.1, 0.15) is 0 Å². The van der Waals surface area contributed by atoms with E-state index < -0.39 is 0 Å². The molecule has 3 atom stereocenters. The molecule has 2 rings (SSSR count). The third-order valence-electron chi connectivity index (χ3n) is 5.94. The smallest absolute Gasteiger partial charge is 0.0306 e. The molecule has 2 fully saturated rings. The summed E-state index contributed by atoms with van der Waals surface area (Å²) in [6.07, 6.45) is 9.80. The summed E-state index contributed by atoms with van der Waals surface area (Å²) in [7, 11) is 0. The van der Waals surface area contributed by atoms with Gasteiger partial charge < -0.3 is 5.32 Å². The van der Waals surface area contributed by atoms with Crippen molar-refractivity contribution in [2.45, 2.75) is 90.3 Å². The molecule has 0 aromatic heterocycles. The van der Waals surface area contributed by atoms with Crippen LogP contribution < -0.4 is 5.32 Å². The van der Waals surface area contributed by atoms with E-state index in [4.69, 9.17) is 0 Å². The van der Waals surface area contributed by atoms with Gasteiger partial charge in [0, 0.05) is 30.7 Å². The Labute approximate surface area is 120 Å². The van der Waals surface area contributed by atoms with Gasteiger partial charge in [-0.25, -0.2) is 0 Å². The lowest BCUT2D eigenvalue weighted by molar-refractivity contribution is -0.000321. The second kappa shape index (κ2) is 6.58. The van der Waals surface area contributed by atoms with E-state index in [0.717, 1.165) is 18.0 Å². The van der Waals surface area contributed by atoms with Crippen LogP contribution in [0, 0.1) is 5.92 Å². The molecule has 2 nitrogen and oxygen atoms in total. The number of rotatable bonds is 4. The fourth-order valence-corrected chi connectivity index (χ4v) is 4.06. The van der Waals surface area contributed by atoms with Crippen molar-refractivity contribution in [2.75, 3.05) is 13.1 Å². The Hall–Kier alpha value is -0.0800. The van der Waals surface area contributed by atoms with Gasteiger partial charge in [0.05, 0.1) is 0 Å². The molecule has 1 saturated heterocycles. The van der Waals surface area contributed by atoms with Crippen molar-refractivity contribution < 1.29 is 0 Å². The first kappa shape index (κ1) is 15.3. The highest BCUT2D eigenvalue weighted by molar-refractivity contribution is 4.99. The number of nitrogens with one attached hydrogen (secondary N) is 1. The fraction of sp³-hybridized carbons (Fsp3) is 1.00. The summed E-state index contributed by atoms with van der Waals surface area (Å²) in [5.41, 5.74) is 0.362. The summed E-state index contributed by atoms with van der Waals surface area (Å²) < 4.78 is 0. The fourth-order valence-electron chi connectivity index (χ4n) is 4.06. The zero-order chi connectivity index (χ0) is 13.9. The number of piperazine rings is 1. The first-order chi connectivity index (χ1) is 9.10. The van der Waals surface area contributed by atoms with E-state index in [1.54, 1.807) is 0 Å². The Bertz CT molecular complexity index is 272. The van der Waals surface area contributed by atoms with Crippen molar-refractivity contribution >= 4 is 0 Å². The van der Waals surface area contributed by atoms with E-state index in [0.29, 0.717) is 5.54 Å². The van der Waals surface area contributed by atoms with Crippen molar-refractivity contribution in [2.24, 2.45) is 5.92 Å². The van der Waals surface area contributed by atoms with Crippen LogP contribution in [0.4, 0.5) is 0 Å². The monoisotopic (exact) mass is 266 g/mol. The molecule has 2 aliphatic rings. The molecule has 0 bridgehead atoms. The first-order valence-corrected chi connectivity index (χ1v) is 8.61. The van der Waals surface area contributed by atoms with Crippen LogP contribution in [0.15, 0.2) is 0 Å². The summed E-state index contributed by atoms with van der Waals surface area (Å²) in [5, 5.41) is 3.90. The molecule has 1 aliphatic carbocycles. The molecule has 1 N–H and O–H groups in total. The molecule has 3 unspecified atom stereocenters. The maximum Gasteiger partial charge on any atom is 0.0306 e. The minimum Gasteiger partial charge on any atom is -0.311 e. The van der Waals surface area contributed by atoms with E-state index in [9.17, 15) is 0 Å². The summed E-state index contributed by atoms with van der Waals surface area (Å²) in [5.74, 6) is 0.932. The highest BCUT2D eigenvalue weighted by atomic mass is 15.3. The number of hydrogen-bond acceptors (Lipinski definition) is 2. The Morgan fingerprint density at radius 2 is 1.89 bits per heavy atom. The number of nitrogens with zero attached hydrogens (tertiary/aromatic N) is 1. The molecule has 1 heterocycles. The van der Waals surface area contributed by atoms with Gasteiger partial charge >= 0.3 is 0 Å². The maximum absolute atomic E-state index is 3.90. The molecule has 1 saturated carbocycles. The average molecular weight is 266 g/mol. The van der Waals surface area contributed by atoms with Gasteiger partial charge in [-0.1, -0.05) is 33.1 Å². The Balaban J connectivity index is 2.03. The van der Waals surface area contributed by atoms with E-state index in [2.05, 4.69) is 37.9 Å². The van der Waals surface area contributed by atoms with E-state index in [1.165, 1.54) is 58.0 Å². The van der Waals surface area contributed by atoms with Crippen LogP contribution in [-0.2, 0) is 0 Å². The Morgan fingerprint density at radius 1 is 1.21 bits per heavy atom. The molecule has 0 radical (unpaired) electrons. The third-order valence-corrected chi connectivity index (χ3v) is 5.94. The van der Waals surface area contributed by atoms with E-state index >= 15 is 0 Å². The van der Waals surface area contributed by atoms with Gasteiger partial charge in [0.15, 0.2) is 0 Å². The van der Waals surface area contributed by atoms with Gasteiger partial charge in [0.25, 0.3) is 0 Å². The van der Waals surface area contributed by atoms with Crippen LogP contribution in [0.1, 0.15) is 72.6 Å². The van der Waals surface area contributed by atoms with Crippen molar-refractivity contribution in [1.82, 2.24) is 10.2 Å². The van der Waals surface area contributed by atoms with Crippen LogP contribution >= 0.6 is 0 Å². The lowest BCUT2D eigenvalue weighted by Crippen LogP contribution is -2.66. The molecule has 2 heteroatoms. The molecule has 0 amide bonds. The van der Waals surface area contributed by atoms with Crippen LogP contribution in [0.2, 0.25) is 0 Å². The molecule has 0 aromatic carbocycles. The predicted octanol–water partition coefficient (Wildman–Crippen LogP) is 3.81. The van der Waals surface area contributed by atoms with Crippen molar-refractivity contribution in [3.8, 4) is 0 Å². The highest BCUT2D eigenvalue weighted by Gasteiger charge is 2.40. The summed E-state index contributed by atoms with van der Waals surface area (Å²) in [6.45, 7) is 12.0. The minimum atomic E-state index is 0.362. The van der Waals surface area contributed by atoms with Gasteiger partial charge in [-0.15, -0.1) is 0 Å². The highest BCUT2D eigenvalue weighted by Crippen LogP contribution is 2.32. The number of hydrogen-bond donors (Lipinski definition) is 1. The maximum atomic E-state index is 3.90. The van der Waals surface area contributed by atoms with E-state index in [-0.39, 0.29) is 0 Å². The summed E-state index contributed by atoms with van der Waals surface area (Å²) in [4.78, 5) is 2.81. The molecule has 112 valence electrons. The van der Waals surface area contributed by atoms with Gasteiger partial charge in [-0.3, -0.25) is 4.90 Å². The quantitative estimate of drug-likeness (QED) is 0.832. The van der Waals surface area contributed by atoms with Gasteiger partial charge in [-0.2, -0.15) is 0 Å². The second-order valence-corrected chi connectivity index (χ2v) is 7.15. The minimum absolute atomic E-state index is 0.362. The molecular weight excluding hydrogens is 232 g/mol. The van der Waals surface area contributed by atoms with Gasteiger partial charge in [0.2, 0.25) is 0 Å². The standard InChI is InChI=1S/C17H34N2/c1-5-14(3)19-12-16(15-10-8-7-9-11-15)18-13-17(19,4)6-2/h14-16,18H,5-13H2,1-4H3. The lowest BCUT2D eigenvalue weighted by atomic mass is 9.80. The van der Waals surface area contributed by atoms with Crippen LogP contribution in [0.5, 0.6) is 0 Å². The largest absolute Gasteiger partial charge is 0.311 e. The predicted molar refractivity (Wildman–Crippen MR) is 83.5 cm³/mol. The van der Waals surface area contributed by atoms with Crippen molar-refractivity contribution in [3.05, 3.63) is 0 Å². The molecule has 0 aromatic rings. The Kier molecular flexibility index (Phi) is 5.30. The lowest BCUT2D eigenvalue weighted by Gasteiger charge is -2.52. The molecule has 0 spiro atoms. The molecule has 1 aliphatic heterocycles. The van der Waals surface area contributed by atoms with Crippen LogP contribution in [0.25, 0.3) is 0 Å². The van der Waals surface area contributed by atoms with Crippen molar-refractivity contribution in [1.29, 1.82) is 0 Å².